The average molecular weight is 496 g/mol. The third-order valence-electron chi connectivity index (χ3n) is 6.94. The van der Waals surface area contributed by atoms with Gasteiger partial charge in [-0.05, 0) is 69.7 Å². The number of nitrogens with zero attached hydrogens (tertiary/aromatic N) is 2. The molecule has 2 fully saturated rings. The summed E-state index contributed by atoms with van der Waals surface area (Å²) in [5.41, 5.74) is 1.69. The fourth-order valence-electron chi connectivity index (χ4n) is 5.43. The van der Waals surface area contributed by atoms with Crippen molar-refractivity contribution in [2.45, 2.75) is 70.2 Å². The number of piperidine rings is 1. The van der Waals surface area contributed by atoms with Gasteiger partial charge < -0.3 is 19.5 Å². The van der Waals surface area contributed by atoms with Crippen LogP contribution >= 0.6 is 0 Å². The largest absolute Gasteiger partial charge is 0.493 e. The molecule has 0 aromatic heterocycles. The van der Waals surface area contributed by atoms with E-state index in [1.807, 2.05) is 32.9 Å². The van der Waals surface area contributed by atoms with E-state index >= 15 is 0 Å². The molecule has 10 heteroatoms. The van der Waals surface area contributed by atoms with E-state index in [2.05, 4.69) is 10.2 Å². The number of amides is 1. The summed E-state index contributed by atoms with van der Waals surface area (Å²) in [5.74, 6) is 1.53. The summed E-state index contributed by atoms with van der Waals surface area (Å²) in [6.45, 7) is 7.31. The van der Waals surface area contributed by atoms with Crippen LogP contribution in [0.4, 0.5) is 4.79 Å². The highest BCUT2D eigenvalue weighted by molar-refractivity contribution is 7.89. The second kappa shape index (κ2) is 9.54. The Hall–Kier alpha value is -2.04. The minimum Gasteiger partial charge on any atom is -0.493 e. The minimum atomic E-state index is -3.37. The van der Waals surface area contributed by atoms with Crippen molar-refractivity contribution in [3.8, 4) is 11.5 Å². The molecule has 1 N–H and O–H groups in total. The van der Waals surface area contributed by atoms with E-state index in [0.29, 0.717) is 37.4 Å². The number of nitrogens with one attached hydrogen (secondary N) is 1. The second-order valence-corrected chi connectivity index (χ2v) is 12.4. The molecule has 3 heterocycles. The first-order chi connectivity index (χ1) is 16.0. The number of fused-ring (bicyclic) bond motifs is 3. The maximum absolute atomic E-state index is 13.0. The molecule has 3 atom stereocenters. The van der Waals surface area contributed by atoms with Crippen molar-refractivity contribution in [3.05, 3.63) is 23.3 Å². The Balaban J connectivity index is 1.67. The Labute approximate surface area is 202 Å². The normalized spacial score (nSPS) is 27.3. The maximum atomic E-state index is 13.0. The minimum absolute atomic E-state index is 0.0345. The molecular weight excluding hydrogens is 458 g/mol. The second-order valence-electron chi connectivity index (χ2n) is 10.4. The van der Waals surface area contributed by atoms with Crippen molar-refractivity contribution in [2.24, 2.45) is 0 Å². The monoisotopic (exact) mass is 495 g/mol. The van der Waals surface area contributed by atoms with E-state index in [1.165, 1.54) is 5.56 Å². The molecule has 0 radical (unpaired) electrons. The average Bonchev–Trinajstić information content (AvgIpc) is 2.76. The lowest BCUT2D eigenvalue weighted by molar-refractivity contribution is 0.0298. The zero-order valence-corrected chi connectivity index (χ0v) is 21.6. The highest BCUT2D eigenvalue weighted by atomic mass is 32.2. The van der Waals surface area contributed by atoms with Gasteiger partial charge in [-0.1, -0.05) is 0 Å². The Morgan fingerprint density at radius 1 is 1.09 bits per heavy atom. The van der Waals surface area contributed by atoms with E-state index in [4.69, 9.17) is 14.2 Å². The lowest BCUT2D eigenvalue weighted by Crippen LogP contribution is -2.64. The third kappa shape index (κ3) is 5.13. The molecule has 0 saturated carbocycles. The van der Waals surface area contributed by atoms with Crippen molar-refractivity contribution in [2.75, 3.05) is 39.6 Å². The number of hydrogen-bond acceptors (Lipinski definition) is 7. The molecule has 0 aliphatic carbocycles. The summed E-state index contributed by atoms with van der Waals surface area (Å²) in [4.78, 5) is 15.1. The van der Waals surface area contributed by atoms with Crippen molar-refractivity contribution in [3.63, 3.8) is 0 Å². The van der Waals surface area contributed by atoms with Crippen LogP contribution in [0.2, 0.25) is 0 Å². The van der Waals surface area contributed by atoms with Crippen LogP contribution in [0.3, 0.4) is 0 Å². The molecule has 4 rings (SSSR count). The lowest BCUT2D eigenvalue weighted by Gasteiger charge is -2.50. The first-order valence-electron chi connectivity index (χ1n) is 12.0. The Morgan fingerprint density at radius 3 is 2.44 bits per heavy atom. The van der Waals surface area contributed by atoms with Crippen LogP contribution in [0.15, 0.2) is 12.1 Å². The first kappa shape index (κ1) is 25.1. The molecule has 3 unspecified atom stereocenters. The maximum Gasteiger partial charge on any atom is 0.407 e. The molecule has 0 bridgehead atoms. The van der Waals surface area contributed by atoms with Crippen molar-refractivity contribution in [1.82, 2.24) is 14.5 Å². The van der Waals surface area contributed by atoms with Gasteiger partial charge in [-0.3, -0.25) is 4.90 Å². The van der Waals surface area contributed by atoms with E-state index in [1.54, 1.807) is 18.5 Å². The van der Waals surface area contributed by atoms with Crippen LogP contribution < -0.4 is 14.8 Å². The van der Waals surface area contributed by atoms with E-state index in [9.17, 15) is 13.2 Å². The predicted molar refractivity (Wildman–Crippen MR) is 129 cm³/mol. The van der Waals surface area contributed by atoms with Crippen LogP contribution in [-0.4, -0.2) is 81.0 Å². The van der Waals surface area contributed by atoms with Gasteiger partial charge in [0.15, 0.2) is 11.5 Å². The van der Waals surface area contributed by atoms with Crippen molar-refractivity contribution < 1.29 is 27.4 Å². The topological polar surface area (TPSA) is 97.4 Å². The van der Waals surface area contributed by atoms with Gasteiger partial charge in [0.25, 0.3) is 0 Å². The van der Waals surface area contributed by atoms with Crippen molar-refractivity contribution >= 4 is 16.1 Å². The Morgan fingerprint density at radius 2 is 1.79 bits per heavy atom. The summed E-state index contributed by atoms with van der Waals surface area (Å²) >= 11 is 0. The SMILES string of the molecule is COc1cc2c(cc1OC)C1CC(NC(=O)OC(C)(C)C)C(N3CCCCS3(=O)=O)CN1CC2. The number of methoxy groups -OCH3 is 2. The number of hydrogen-bond donors (Lipinski definition) is 1. The number of alkyl carbamates (subject to hydrolysis) is 1. The van der Waals surface area contributed by atoms with Gasteiger partial charge >= 0.3 is 6.09 Å². The molecule has 190 valence electrons. The molecule has 34 heavy (non-hydrogen) atoms. The molecule has 1 aromatic rings. The molecular formula is C24H37N3O6S. The summed E-state index contributed by atoms with van der Waals surface area (Å²) in [7, 11) is -0.117. The highest BCUT2D eigenvalue weighted by Crippen LogP contribution is 2.43. The number of carbonyl (C=O) groups is 1. The standard InChI is InChI=1S/C24H37N3O6S/c1-24(2,3)33-23(28)25-18-14-19-17-13-22(32-5)21(31-4)12-16(17)8-10-26(19)15-20(18)27-9-6-7-11-34(27,29)30/h12-13,18-20H,6-11,14-15H2,1-5H3,(H,25,28). The molecule has 2 saturated heterocycles. The van der Waals surface area contributed by atoms with Gasteiger partial charge in [0.1, 0.15) is 5.60 Å². The number of rotatable bonds is 4. The number of ether oxygens (including phenoxy) is 3. The van der Waals surface area contributed by atoms with E-state index < -0.39 is 21.7 Å². The van der Waals surface area contributed by atoms with E-state index in [0.717, 1.165) is 24.9 Å². The molecule has 9 nitrogen and oxygen atoms in total. The van der Waals surface area contributed by atoms with Gasteiger partial charge in [-0.2, -0.15) is 4.31 Å². The predicted octanol–water partition coefficient (Wildman–Crippen LogP) is 2.69. The van der Waals surface area contributed by atoms with E-state index in [-0.39, 0.29) is 23.9 Å². The van der Waals surface area contributed by atoms with Crippen LogP contribution in [-0.2, 0) is 21.2 Å². The Bertz CT molecular complexity index is 1020. The number of carbonyl (C=O) groups excluding carboxylic acids is 1. The van der Waals surface area contributed by atoms with Gasteiger partial charge in [-0.15, -0.1) is 0 Å². The van der Waals surface area contributed by atoms with Crippen LogP contribution in [0.25, 0.3) is 0 Å². The summed E-state index contributed by atoms with van der Waals surface area (Å²) in [5, 5.41) is 3.03. The molecule has 0 spiro atoms. The van der Waals surface area contributed by atoms with Gasteiger partial charge in [0, 0.05) is 25.7 Å². The zero-order chi connectivity index (χ0) is 24.7. The van der Waals surface area contributed by atoms with Crippen molar-refractivity contribution in [1.29, 1.82) is 0 Å². The zero-order valence-electron chi connectivity index (χ0n) is 20.8. The quantitative estimate of drug-likeness (QED) is 0.686. The fraction of sp³-hybridized carbons (Fsp3) is 0.708. The van der Waals surface area contributed by atoms with Gasteiger partial charge in [0.2, 0.25) is 10.0 Å². The van der Waals surface area contributed by atoms with Crippen LogP contribution in [0.1, 0.15) is 57.2 Å². The van der Waals surface area contributed by atoms with Gasteiger partial charge in [-0.25, -0.2) is 13.2 Å². The fourth-order valence-corrected chi connectivity index (χ4v) is 7.26. The third-order valence-corrected chi connectivity index (χ3v) is 8.91. The van der Waals surface area contributed by atoms with Crippen LogP contribution in [0.5, 0.6) is 11.5 Å². The molecule has 1 aromatic carbocycles. The smallest absolute Gasteiger partial charge is 0.407 e. The molecule has 1 amide bonds. The number of benzene rings is 1. The molecule has 3 aliphatic heterocycles. The highest BCUT2D eigenvalue weighted by Gasteiger charge is 2.46. The summed E-state index contributed by atoms with van der Waals surface area (Å²) in [6.07, 6.45) is 2.41. The lowest BCUT2D eigenvalue weighted by atomic mass is 9.82. The number of sulfonamides is 1. The molecule has 3 aliphatic rings. The van der Waals surface area contributed by atoms with Crippen LogP contribution in [0, 0.1) is 0 Å². The first-order valence-corrected chi connectivity index (χ1v) is 13.6. The Kier molecular flexibility index (Phi) is 7.04. The van der Waals surface area contributed by atoms with Gasteiger partial charge in [0.05, 0.1) is 32.1 Å². The summed E-state index contributed by atoms with van der Waals surface area (Å²) < 4.78 is 44.2. The summed E-state index contributed by atoms with van der Waals surface area (Å²) in [6, 6.07) is 3.38.